The second kappa shape index (κ2) is 7.57. The summed E-state index contributed by atoms with van der Waals surface area (Å²) < 4.78 is 12.8. The molecule has 9 nitrogen and oxygen atoms in total. The first-order chi connectivity index (χ1) is 14.0. The number of hydrogen-bond acceptors (Lipinski definition) is 7. The van der Waals surface area contributed by atoms with Crippen molar-refractivity contribution in [2.75, 3.05) is 32.2 Å². The lowest BCUT2D eigenvalue weighted by Crippen LogP contribution is -2.35. The molecule has 0 radical (unpaired) electrons. The maximum Gasteiger partial charge on any atom is 0.217 e. The van der Waals surface area contributed by atoms with Crippen LogP contribution in [0, 0.1) is 6.92 Å². The van der Waals surface area contributed by atoms with Crippen LogP contribution >= 0.6 is 0 Å². The Balaban J connectivity index is 1.75. The molecule has 1 fully saturated rings. The highest BCUT2D eigenvalue weighted by Gasteiger charge is 2.27. The van der Waals surface area contributed by atoms with Gasteiger partial charge < -0.3 is 19.7 Å². The van der Waals surface area contributed by atoms with Gasteiger partial charge in [-0.05, 0) is 25.5 Å². The standard InChI is InChI=1S/C20H24N6O3/c1-12-23-18-19(25-8-7-14(10-25)24-13(2)27)21-11-22-20(18)26(12)15-5-6-16(28-3)17(9-15)29-4/h5-6,9,11,14H,7-8,10H2,1-4H3,(H,24,27)/t14-/m1/s1. The molecule has 0 saturated carbocycles. The largest absolute Gasteiger partial charge is 0.493 e. The molecule has 0 spiro atoms. The average molecular weight is 396 g/mol. The van der Waals surface area contributed by atoms with Gasteiger partial charge in [-0.2, -0.15) is 0 Å². The monoisotopic (exact) mass is 396 g/mol. The zero-order chi connectivity index (χ0) is 20.5. The zero-order valence-electron chi connectivity index (χ0n) is 17.0. The molecule has 3 heterocycles. The normalized spacial score (nSPS) is 16.3. The molecule has 0 bridgehead atoms. The molecule has 1 aromatic carbocycles. The molecule has 1 saturated heterocycles. The number of carbonyl (C=O) groups excluding carboxylic acids is 1. The van der Waals surface area contributed by atoms with Gasteiger partial charge in [0.1, 0.15) is 12.2 Å². The first kappa shape index (κ1) is 19.0. The van der Waals surface area contributed by atoms with Gasteiger partial charge in [0.05, 0.1) is 19.9 Å². The van der Waals surface area contributed by atoms with E-state index in [9.17, 15) is 4.79 Å². The molecule has 1 N–H and O–H groups in total. The van der Waals surface area contributed by atoms with Crippen LogP contribution in [0.4, 0.5) is 5.82 Å². The summed E-state index contributed by atoms with van der Waals surface area (Å²) in [6, 6.07) is 5.82. The van der Waals surface area contributed by atoms with E-state index in [1.165, 1.54) is 0 Å². The predicted molar refractivity (Wildman–Crippen MR) is 109 cm³/mol. The van der Waals surface area contributed by atoms with Gasteiger partial charge in [0.2, 0.25) is 5.91 Å². The fourth-order valence-corrected chi connectivity index (χ4v) is 3.85. The number of nitrogens with one attached hydrogen (secondary N) is 1. The van der Waals surface area contributed by atoms with E-state index in [0.29, 0.717) is 18.0 Å². The molecule has 1 aliphatic heterocycles. The van der Waals surface area contributed by atoms with Crippen LogP contribution in [0.15, 0.2) is 24.5 Å². The summed E-state index contributed by atoms with van der Waals surface area (Å²) in [6.07, 6.45) is 2.43. The van der Waals surface area contributed by atoms with Gasteiger partial charge in [0.15, 0.2) is 28.5 Å². The highest BCUT2D eigenvalue weighted by atomic mass is 16.5. The number of nitrogens with zero attached hydrogens (tertiary/aromatic N) is 5. The van der Waals surface area contributed by atoms with Crippen LogP contribution in [-0.2, 0) is 4.79 Å². The lowest BCUT2D eigenvalue weighted by atomic mass is 10.2. The van der Waals surface area contributed by atoms with Crippen LogP contribution in [0.25, 0.3) is 16.9 Å². The number of ether oxygens (including phenoxy) is 2. The summed E-state index contributed by atoms with van der Waals surface area (Å²) in [5.74, 6) is 2.86. The molecule has 1 amide bonds. The summed E-state index contributed by atoms with van der Waals surface area (Å²) in [5, 5.41) is 2.98. The maximum absolute atomic E-state index is 11.4. The smallest absolute Gasteiger partial charge is 0.217 e. The Morgan fingerprint density at radius 1 is 1.21 bits per heavy atom. The fourth-order valence-electron chi connectivity index (χ4n) is 3.85. The van der Waals surface area contributed by atoms with Crippen molar-refractivity contribution in [3.63, 3.8) is 0 Å². The number of fused-ring (bicyclic) bond motifs is 1. The van der Waals surface area contributed by atoms with Gasteiger partial charge in [0, 0.05) is 32.1 Å². The predicted octanol–water partition coefficient (Wildman–Crippen LogP) is 1.86. The number of aryl methyl sites for hydroxylation is 1. The van der Waals surface area contributed by atoms with Crippen LogP contribution in [0.5, 0.6) is 11.5 Å². The Morgan fingerprint density at radius 2 is 2.00 bits per heavy atom. The number of amides is 1. The quantitative estimate of drug-likeness (QED) is 0.703. The molecule has 0 unspecified atom stereocenters. The minimum atomic E-state index is -0.0155. The number of aromatic nitrogens is 4. The summed E-state index contributed by atoms with van der Waals surface area (Å²) in [7, 11) is 3.22. The number of methoxy groups -OCH3 is 2. The van der Waals surface area contributed by atoms with E-state index in [1.54, 1.807) is 27.5 Å². The average Bonchev–Trinajstić information content (AvgIpc) is 3.30. The molecular weight excluding hydrogens is 372 g/mol. The van der Waals surface area contributed by atoms with Gasteiger partial charge >= 0.3 is 0 Å². The van der Waals surface area contributed by atoms with Crippen LogP contribution in [0.1, 0.15) is 19.2 Å². The fraction of sp³-hybridized carbons (Fsp3) is 0.400. The highest BCUT2D eigenvalue weighted by molar-refractivity contribution is 5.85. The van der Waals surface area contributed by atoms with E-state index in [4.69, 9.17) is 14.5 Å². The summed E-state index contributed by atoms with van der Waals surface area (Å²) in [4.78, 5) is 27.3. The molecule has 2 aromatic heterocycles. The van der Waals surface area contributed by atoms with Gasteiger partial charge in [-0.25, -0.2) is 15.0 Å². The third kappa shape index (κ3) is 3.43. The highest BCUT2D eigenvalue weighted by Crippen LogP contribution is 2.32. The van der Waals surface area contributed by atoms with Crippen molar-refractivity contribution in [3.05, 3.63) is 30.4 Å². The van der Waals surface area contributed by atoms with E-state index >= 15 is 0 Å². The number of anilines is 1. The van der Waals surface area contributed by atoms with Crippen LogP contribution in [0.3, 0.4) is 0 Å². The molecule has 1 aliphatic rings. The Morgan fingerprint density at radius 3 is 2.72 bits per heavy atom. The first-order valence-electron chi connectivity index (χ1n) is 9.46. The Kier molecular flexibility index (Phi) is 4.96. The van der Waals surface area contributed by atoms with E-state index in [2.05, 4.69) is 20.2 Å². The second-order valence-corrected chi connectivity index (χ2v) is 7.04. The third-order valence-corrected chi connectivity index (χ3v) is 5.11. The lowest BCUT2D eigenvalue weighted by molar-refractivity contribution is -0.119. The number of benzene rings is 1. The number of hydrogen-bond donors (Lipinski definition) is 1. The van der Waals surface area contributed by atoms with Crippen LogP contribution in [0.2, 0.25) is 0 Å². The molecule has 9 heteroatoms. The van der Waals surface area contributed by atoms with Crippen molar-refractivity contribution >= 4 is 22.9 Å². The number of rotatable bonds is 5. The van der Waals surface area contributed by atoms with Gasteiger partial charge in [-0.15, -0.1) is 0 Å². The number of imidazole rings is 1. The molecule has 29 heavy (non-hydrogen) atoms. The minimum Gasteiger partial charge on any atom is -0.493 e. The topological polar surface area (TPSA) is 94.4 Å². The van der Waals surface area contributed by atoms with Gasteiger partial charge in [-0.3, -0.25) is 9.36 Å². The van der Waals surface area contributed by atoms with Crippen molar-refractivity contribution < 1.29 is 14.3 Å². The van der Waals surface area contributed by atoms with Crippen molar-refractivity contribution in [2.45, 2.75) is 26.3 Å². The summed E-state index contributed by atoms with van der Waals surface area (Å²) in [6.45, 7) is 4.99. The van der Waals surface area contributed by atoms with Crippen molar-refractivity contribution in [2.24, 2.45) is 0 Å². The Labute approximate surface area is 168 Å². The zero-order valence-corrected chi connectivity index (χ0v) is 17.0. The Bertz CT molecular complexity index is 1060. The molecule has 4 rings (SSSR count). The molecule has 3 aromatic rings. The molecule has 152 valence electrons. The lowest BCUT2D eigenvalue weighted by Gasteiger charge is -2.17. The Hall–Kier alpha value is -3.36. The summed E-state index contributed by atoms with van der Waals surface area (Å²) in [5.41, 5.74) is 2.34. The van der Waals surface area contributed by atoms with E-state index in [-0.39, 0.29) is 11.9 Å². The van der Waals surface area contributed by atoms with Crippen LogP contribution in [-0.4, -0.2) is 58.8 Å². The molecular formula is C20H24N6O3. The maximum atomic E-state index is 11.4. The number of carbonyl (C=O) groups is 1. The summed E-state index contributed by atoms with van der Waals surface area (Å²) >= 11 is 0. The molecule has 1 atom stereocenters. The molecule has 0 aliphatic carbocycles. The van der Waals surface area contributed by atoms with Crippen molar-refractivity contribution in [1.82, 2.24) is 24.8 Å². The second-order valence-electron chi connectivity index (χ2n) is 7.04. The van der Waals surface area contributed by atoms with E-state index in [1.807, 2.05) is 29.7 Å². The SMILES string of the molecule is COc1ccc(-n2c(C)nc3c(N4CC[C@@H](NC(C)=O)C4)ncnc32)cc1OC. The van der Waals surface area contributed by atoms with Crippen molar-refractivity contribution in [1.29, 1.82) is 0 Å². The van der Waals surface area contributed by atoms with E-state index < -0.39 is 0 Å². The van der Waals surface area contributed by atoms with Crippen LogP contribution < -0.4 is 19.7 Å². The van der Waals surface area contributed by atoms with E-state index in [0.717, 1.165) is 41.5 Å². The first-order valence-corrected chi connectivity index (χ1v) is 9.46. The van der Waals surface area contributed by atoms with Gasteiger partial charge in [-0.1, -0.05) is 0 Å². The third-order valence-electron chi connectivity index (χ3n) is 5.11. The van der Waals surface area contributed by atoms with Gasteiger partial charge in [0.25, 0.3) is 0 Å². The minimum absolute atomic E-state index is 0.0155. The van der Waals surface area contributed by atoms with Crippen molar-refractivity contribution in [3.8, 4) is 17.2 Å².